The maximum Gasteiger partial charge on any atom is 0.211 e. The van der Waals surface area contributed by atoms with Crippen LogP contribution in [0.1, 0.15) is 35.7 Å². The van der Waals surface area contributed by atoms with Crippen molar-refractivity contribution in [2.24, 2.45) is 0 Å². The number of nitrogens with one attached hydrogen (secondary N) is 1. The molecule has 0 aliphatic heterocycles. The zero-order valence-electron chi connectivity index (χ0n) is 10.1. The maximum absolute atomic E-state index is 5.80. The van der Waals surface area contributed by atoms with E-state index < -0.39 is 0 Å². The molecule has 0 radical (unpaired) electrons. The molecule has 1 aliphatic rings. The molecule has 2 aromatic rings. The molecule has 90 valence electrons. The highest BCUT2D eigenvalue weighted by Gasteiger charge is 2.18. The molecule has 2 heterocycles. The van der Waals surface area contributed by atoms with Gasteiger partial charge in [-0.25, -0.2) is 4.98 Å². The van der Waals surface area contributed by atoms with Crippen molar-refractivity contribution in [2.75, 3.05) is 7.05 Å². The van der Waals surface area contributed by atoms with Gasteiger partial charge in [0.1, 0.15) is 0 Å². The number of aromatic nitrogens is 1. The number of rotatable bonds is 3. The Bertz CT molecular complexity index is 508. The second-order valence-electron chi connectivity index (χ2n) is 4.49. The quantitative estimate of drug-likeness (QED) is 0.906. The van der Waals surface area contributed by atoms with E-state index in [9.17, 15) is 0 Å². The Morgan fingerprint density at radius 1 is 1.47 bits per heavy atom. The van der Waals surface area contributed by atoms with Gasteiger partial charge in [0.05, 0.1) is 17.1 Å². The Labute approximate surface area is 105 Å². The lowest BCUT2D eigenvalue weighted by molar-refractivity contribution is 0.442. The molecule has 1 N–H and O–H groups in total. The van der Waals surface area contributed by atoms with E-state index in [1.165, 1.54) is 34.6 Å². The molecule has 17 heavy (non-hydrogen) atoms. The first-order valence-electron chi connectivity index (χ1n) is 6.03. The molecule has 0 aromatic carbocycles. The van der Waals surface area contributed by atoms with Crippen LogP contribution in [-0.2, 0) is 12.8 Å². The fourth-order valence-corrected chi connectivity index (χ4v) is 3.38. The number of fused-ring (bicyclic) bond motifs is 1. The summed E-state index contributed by atoms with van der Waals surface area (Å²) in [5.74, 6) is 1.66. The van der Waals surface area contributed by atoms with Gasteiger partial charge in [-0.2, -0.15) is 0 Å². The average Bonchev–Trinajstić information content (AvgIpc) is 3.00. The Hall–Kier alpha value is -1.13. The fourth-order valence-electron chi connectivity index (χ4n) is 2.18. The Morgan fingerprint density at radius 3 is 3.12 bits per heavy atom. The molecule has 1 atom stereocenters. The first kappa shape index (κ1) is 11.0. The van der Waals surface area contributed by atoms with Gasteiger partial charge in [0.2, 0.25) is 5.89 Å². The van der Waals surface area contributed by atoms with Crippen molar-refractivity contribution in [3.05, 3.63) is 28.6 Å². The smallest absolute Gasteiger partial charge is 0.211 e. The van der Waals surface area contributed by atoms with E-state index in [-0.39, 0.29) is 6.04 Å². The van der Waals surface area contributed by atoms with Gasteiger partial charge in [-0.15, -0.1) is 11.3 Å². The van der Waals surface area contributed by atoms with E-state index in [0.29, 0.717) is 0 Å². The van der Waals surface area contributed by atoms with Crippen LogP contribution < -0.4 is 5.32 Å². The highest BCUT2D eigenvalue weighted by Crippen LogP contribution is 2.37. The van der Waals surface area contributed by atoms with Gasteiger partial charge in [-0.3, -0.25) is 0 Å². The molecule has 0 amide bonds. The third kappa shape index (κ3) is 1.91. The molecule has 0 spiro atoms. The van der Waals surface area contributed by atoms with Crippen LogP contribution in [0.5, 0.6) is 0 Å². The van der Waals surface area contributed by atoms with E-state index in [1.54, 1.807) is 0 Å². The predicted octanol–water partition coefficient (Wildman–Crippen LogP) is 3.17. The Morgan fingerprint density at radius 2 is 2.35 bits per heavy atom. The summed E-state index contributed by atoms with van der Waals surface area (Å²) in [6.07, 6.45) is 5.59. The SMILES string of the molecule is CNC(C)c1ncc(-c2cc3c(s2)CCC3)o1. The van der Waals surface area contributed by atoms with Gasteiger partial charge in [0.15, 0.2) is 5.76 Å². The van der Waals surface area contributed by atoms with E-state index in [2.05, 4.69) is 16.4 Å². The van der Waals surface area contributed by atoms with Crippen LogP contribution in [0, 0.1) is 0 Å². The zero-order valence-corrected chi connectivity index (χ0v) is 10.9. The van der Waals surface area contributed by atoms with Gasteiger partial charge in [0, 0.05) is 4.88 Å². The first-order chi connectivity index (χ1) is 8.28. The van der Waals surface area contributed by atoms with Crippen LogP contribution in [0.3, 0.4) is 0 Å². The minimum absolute atomic E-state index is 0.163. The van der Waals surface area contributed by atoms with Crippen LogP contribution in [-0.4, -0.2) is 12.0 Å². The summed E-state index contributed by atoms with van der Waals surface area (Å²) in [4.78, 5) is 7.07. The standard InChI is InChI=1S/C13H16N2OS/c1-8(14-2)13-15-7-10(16-13)12-6-9-4-3-5-11(9)17-12/h6-8,14H,3-5H2,1-2H3. The third-order valence-electron chi connectivity index (χ3n) is 3.32. The van der Waals surface area contributed by atoms with Crippen LogP contribution in [0.4, 0.5) is 0 Å². The number of oxazole rings is 1. The number of thiophene rings is 1. The minimum Gasteiger partial charge on any atom is -0.438 e. The zero-order chi connectivity index (χ0) is 11.8. The average molecular weight is 248 g/mol. The van der Waals surface area contributed by atoms with E-state index in [4.69, 9.17) is 4.42 Å². The number of hydrogen-bond donors (Lipinski definition) is 1. The summed E-state index contributed by atoms with van der Waals surface area (Å²) in [6.45, 7) is 2.05. The first-order valence-corrected chi connectivity index (χ1v) is 6.84. The lowest BCUT2D eigenvalue weighted by Crippen LogP contribution is -2.12. The maximum atomic E-state index is 5.80. The van der Waals surface area contributed by atoms with Crippen molar-refractivity contribution in [1.29, 1.82) is 0 Å². The second-order valence-corrected chi connectivity index (χ2v) is 5.62. The van der Waals surface area contributed by atoms with E-state index in [1.807, 2.05) is 31.5 Å². The molecule has 0 bridgehead atoms. The molecule has 0 fully saturated rings. The van der Waals surface area contributed by atoms with Crippen LogP contribution >= 0.6 is 11.3 Å². The van der Waals surface area contributed by atoms with Gasteiger partial charge in [-0.1, -0.05) is 0 Å². The molecule has 3 rings (SSSR count). The predicted molar refractivity (Wildman–Crippen MR) is 69.3 cm³/mol. The van der Waals surface area contributed by atoms with Crippen molar-refractivity contribution < 1.29 is 4.42 Å². The summed E-state index contributed by atoms with van der Waals surface area (Å²) >= 11 is 1.85. The second kappa shape index (κ2) is 4.27. The lowest BCUT2D eigenvalue weighted by atomic mass is 10.2. The number of nitrogens with zero attached hydrogens (tertiary/aromatic N) is 1. The summed E-state index contributed by atoms with van der Waals surface area (Å²) in [6, 6.07) is 2.43. The summed E-state index contributed by atoms with van der Waals surface area (Å²) in [7, 11) is 1.91. The highest BCUT2D eigenvalue weighted by molar-refractivity contribution is 7.15. The summed E-state index contributed by atoms with van der Waals surface area (Å²) in [5.41, 5.74) is 1.50. The highest BCUT2D eigenvalue weighted by atomic mass is 32.1. The van der Waals surface area contributed by atoms with Gasteiger partial charge in [-0.05, 0) is 44.9 Å². The van der Waals surface area contributed by atoms with Gasteiger partial charge in [0.25, 0.3) is 0 Å². The minimum atomic E-state index is 0.163. The lowest BCUT2D eigenvalue weighted by Gasteiger charge is -2.03. The molecule has 2 aromatic heterocycles. The topological polar surface area (TPSA) is 38.1 Å². The molecular weight excluding hydrogens is 232 g/mol. The molecule has 0 saturated carbocycles. The van der Waals surface area contributed by atoms with Crippen LogP contribution in [0.25, 0.3) is 10.6 Å². The fraction of sp³-hybridized carbons (Fsp3) is 0.462. The van der Waals surface area contributed by atoms with Crippen molar-refractivity contribution in [2.45, 2.75) is 32.2 Å². The Kier molecular flexibility index (Phi) is 2.76. The van der Waals surface area contributed by atoms with Crippen molar-refractivity contribution in [3.8, 4) is 10.6 Å². The summed E-state index contributed by atoms with van der Waals surface area (Å²) in [5, 5.41) is 3.13. The molecule has 1 aliphatic carbocycles. The van der Waals surface area contributed by atoms with Crippen molar-refractivity contribution in [1.82, 2.24) is 10.3 Å². The molecule has 4 heteroatoms. The van der Waals surface area contributed by atoms with Crippen LogP contribution in [0.15, 0.2) is 16.7 Å². The molecule has 3 nitrogen and oxygen atoms in total. The number of hydrogen-bond acceptors (Lipinski definition) is 4. The van der Waals surface area contributed by atoms with Crippen molar-refractivity contribution in [3.63, 3.8) is 0 Å². The Balaban J connectivity index is 1.90. The van der Waals surface area contributed by atoms with E-state index >= 15 is 0 Å². The molecular formula is C13H16N2OS. The van der Waals surface area contributed by atoms with Gasteiger partial charge >= 0.3 is 0 Å². The largest absolute Gasteiger partial charge is 0.438 e. The van der Waals surface area contributed by atoms with Gasteiger partial charge < -0.3 is 9.73 Å². The van der Waals surface area contributed by atoms with E-state index in [0.717, 1.165) is 11.7 Å². The van der Waals surface area contributed by atoms with Crippen molar-refractivity contribution >= 4 is 11.3 Å². The third-order valence-corrected chi connectivity index (χ3v) is 4.57. The monoisotopic (exact) mass is 248 g/mol. The molecule has 1 unspecified atom stereocenters. The van der Waals surface area contributed by atoms with Crippen LogP contribution in [0.2, 0.25) is 0 Å². The number of aryl methyl sites for hydroxylation is 2. The molecule has 0 saturated heterocycles. The summed E-state index contributed by atoms with van der Waals surface area (Å²) < 4.78 is 5.80. The normalized spacial score (nSPS) is 16.1.